The van der Waals surface area contributed by atoms with Gasteiger partial charge in [-0.3, -0.25) is 0 Å². The first kappa shape index (κ1) is 16.9. The first-order valence-electron chi connectivity index (χ1n) is 7.44. The van der Waals surface area contributed by atoms with Crippen LogP contribution in [0.3, 0.4) is 0 Å². The summed E-state index contributed by atoms with van der Waals surface area (Å²) < 4.78 is 27.5. The minimum absolute atomic E-state index is 0.371. The summed E-state index contributed by atoms with van der Waals surface area (Å²) in [4.78, 5) is 0.371. The topological polar surface area (TPSA) is 49.4 Å². The van der Waals surface area contributed by atoms with Crippen LogP contribution < -0.4 is 5.32 Å². The maximum atomic E-state index is 12.7. The molecule has 1 aliphatic rings. The molecule has 0 amide bonds. The van der Waals surface area contributed by atoms with Gasteiger partial charge in [0.1, 0.15) is 0 Å². The van der Waals surface area contributed by atoms with Gasteiger partial charge in [-0.05, 0) is 58.9 Å². The van der Waals surface area contributed by atoms with Gasteiger partial charge in [-0.1, -0.05) is 19.9 Å². The van der Waals surface area contributed by atoms with Crippen molar-refractivity contribution in [2.75, 3.05) is 19.6 Å². The van der Waals surface area contributed by atoms with E-state index >= 15 is 0 Å². The van der Waals surface area contributed by atoms with Gasteiger partial charge < -0.3 is 5.32 Å². The lowest BCUT2D eigenvalue weighted by Crippen LogP contribution is -2.29. The normalized spacial score (nSPS) is 20.0. The molecule has 1 atom stereocenters. The second-order valence-corrected chi connectivity index (χ2v) is 8.46. The Morgan fingerprint density at radius 1 is 1.43 bits per heavy atom. The molecule has 21 heavy (non-hydrogen) atoms. The number of hydrogen-bond donors (Lipinski definition) is 1. The summed E-state index contributed by atoms with van der Waals surface area (Å²) in [5.41, 5.74) is 1.09. The van der Waals surface area contributed by atoms with Gasteiger partial charge in [0.25, 0.3) is 0 Å². The Bertz CT molecular complexity index is 589. The molecule has 2 rings (SSSR count). The Labute approximate surface area is 136 Å². The summed E-state index contributed by atoms with van der Waals surface area (Å²) in [6.07, 6.45) is 2.02. The monoisotopic (exact) mass is 374 g/mol. The quantitative estimate of drug-likeness (QED) is 0.778. The highest BCUT2D eigenvalue weighted by molar-refractivity contribution is 9.10. The molecule has 6 heteroatoms. The van der Waals surface area contributed by atoms with Crippen LogP contribution in [0.1, 0.15) is 32.3 Å². The van der Waals surface area contributed by atoms with Crippen molar-refractivity contribution in [2.24, 2.45) is 5.92 Å². The lowest BCUT2D eigenvalue weighted by molar-refractivity contribution is 0.464. The van der Waals surface area contributed by atoms with Crippen molar-refractivity contribution >= 4 is 26.0 Å². The summed E-state index contributed by atoms with van der Waals surface area (Å²) in [6.45, 7) is 7.17. The molecule has 0 bridgehead atoms. The van der Waals surface area contributed by atoms with Crippen LogP contribution in [-0.4, -0.2) is 32.4 Å². The van der Waals surface area contributed by atoms with Crippen LogP contribution in [0.4, 0.5) is 0 Å². The molecule has 1 fully saturated rings. The zero-order valence-corrected chi connectivity index (χ0v) is 15.0. The van der Waals surface area contributed by atoms with Crippen molar-refractivity contribution in [2.45, 2.75) is 38.1 Å². The summed E-state index contributed by atoms with van der Waals surface area (Å²) >= 11 is 3.42. The maximum absolute atomic E-state index is 12.7. The molecular weight excluding hydrogens is 352 g/mol. The molecule has 1 aliphatic heterocycles. The zero-order chi connectivity index (χ0) is 15.5. The molecule has 0 saturated carbocycles. The second-order valence-electron chi connectivity index (χ2n) is 5.70. The van der Waals surface area contributed by atoms with Crippen molar-refractivity contribution < 1.29 is 8.42 Å². The molecule has 118 valence electrons. The highest BCUT2D eigenvalue weighted by Gasteiger charge is 2.31. The van der Waals surface area contributed by atoms with Crippen LogP contribution in [0.5, 0.6) is 0 Å². The van der Waals surface area contributed by atoms with Crippen LogP contribution in [-0.2, 0) is 16.6 Å². The second kappa shape index (κ2) is 7.22. The lowest BCUT2D eigenvalue weighted by Gasteiger charge is -2.17. The predicted molar refractivity (Wildman–Crippen MR) is 88.7 cm³/mol. The molecule has 0 aliphatic carbocycles. The smallest absolute Gasteiger partial charge is 0.244 e. The van der Waals surface area contributed by atoms with Crippen molar-refractivity contribution in [3.05, 3.63) is 28.2 Å². The van der Waals surface area contributed by atoms with E-state index in [1.807, 2.05) is 12.1 Å². The first-order chi connectivity index (χ1) is 9.95. The van der Waals surface area contributed by atoms with E-state index in [4.69, 9.17) is 0 Å². The van der Waals surface area contributed by atoms with Gasteiger partial charge in [-0.2, -0.15) is 4.31 Å². The highest BCUT2D eigenvalue weighted by atomic mass is 79.9. The Kier molecular flexibility index (Phi) is 5.82. The van der Waals surface area contributed by atoms with E-state index < -0.39 is 10.0 Å². The number of benzene rings is 1. The largest absolute Gasteiger partial charge is 0.313 e. The van der Waals surface area contributed by atoms with Gasteiger partial charge >= 0.3 is 0 Å². The van der Waals surface area contributed by atoms with E-state index in [1.54, 1.807) is 10.4 Å². The maximum Gasteiger partial charge on any atom is 0.244 e. The number of nitrogens with zero attached hydrogens (tertiary/aromatic N) is 1. The zero-order valence-electron chi connectivity index (χ0n) is 12.6. The van der Waals surface area contributed by atoms with Gasteiger partial charge in [-0.25, -0.2) is 8.42 Å². The fourth-order valence-electron chi connectivity index (χ4n) is 2.52. The van der Waals surface area contributed by atoms with E-state index in [1.165, 1.54) is 0 Å². The van der Waals surface area contributed by atoms with Crippen molar-refractivity contribution in [1.82, 2.24) is 9.62 Å². The van der Waals surface area contributed by atoms with Gasteiger partial charge in [0.2, 0.25) is 10.0 Å². The number of rotatable bonds is 6. The van der Waals surface area contributed by atoms with Gasteiger partial charge in [-0.15, -0.1) is 0 Å². The summed E-state index contributed by atoms with van der Waals surface area (Å²) in [6, 6.07) is 5.50. The molecule has 0 radical (unpaired) electrons. The van der Waals surface area contributed by atoms with Gasteiger partial charge in [0.05, 0.1) is 4.90 Å². The van der Waals surface area contributed by atoms with Crippen LogP contribution in [0.25, 0.3) is 0 Å². The molecule has 1 saturated heterocycles. The third-order valence-corrected chi connectivity index (χ3v) is 6.60. The van der Waals surface area contributed by atoms with Crippen LogP contribution in [0, 0.1) is 5.92 Å². The minimum Gasteiger partial charge on any atom is -0.313 e. The van der Waals surface area contributed by atoms with Crippen molar-refractivity contribution in [3.63, 3.8) is 0 Å². The van der Waals surface area contributed by atoms with Crippen molar-refractivity contribution in [3.8, 4) is 0 Å². The summed E-state index contributed by atoms with van der Waals surface area (Å²) in [5, 5.41) is 3.32. The lowest BCUT2D eigenvalue weighted by atomic mass is 10.2. The summed E-state index contributed by atoms with van der Waals surface area (Å²) in [7, 11) is -3.38. The molecule has 1 heterocycles. The number of nitrogens with one attached hydrogen (secondary N) is 1. The van der Waals surface area contributed by atoms with E-state index in [0.29, 0.717) is 28.4 Å². The Morgan fingerprint density at radius 2 is 2.19 bits per heavy atom. The first-order valence-corrected chi connectivity index (χ1v) is 9.67. The van der Waals surface area contributed by atoms with E-state index in [-0.39, 0.29) is 0 Å². The Hall–Kier alpha value is -0.430. The number of sulfonamides is 1. The average Bonchev–Trinajstić information content (AvgIpc) is 2.86. The third kappa shape index (κ3) is 4.06. The molecule has 1 aromatic carbocycles. The summed E-state index contributed by atoms with van der Waals surface area (Å²) in [5.74, 6) is 0.441. The van der Waals surface area contributed by atoms with E-state index in [2.05, 4.69) is 35.1 Å². The molecule has 1 N–H and O–H groups in total. The molecule has 0 aromatic heterocycles. The van der Waals surface area contributed by atoms with Gasteiger partial charge in [0, 0.05) is 24.1 Å². The molecule has 0 spiro atoms. The van der Waals surface area contributed by atoms with E-state index in [9.17, 15) is 8.42 Å². The average molecular weight is 375 g/mol. The Morgan fingerprint density at radius 3 is 2.76 bits per heavy atom. The fourth-order valence-corrected chi connectivity index (χ4v) is 5.18. The van der Waals surface area contributed by atoms with Gasteiger partial charge in [0.15, 0.2) is 0 Å². The third-order valence-electron chi connectivity index (χ3n) is 3.76. The number of halogens is 1. The molecule has 4 nitrogen and oxygen atoms in total. The van der Waals surface area contributed by atoms with Crippen LogP contribution >= 0.6 is 15.9 Å². The highest BCUT2D eigenvalue weighted by Crippen LogP contribution is 2.29. The Balaban J connectivity index is 2.16. The fraction of sp³-hybridized carbons (Fsp3) is 0.600. The van der Waals surface area contributed by atoms with E-state index in [0.717, 1.165) is 31.5 Å². The minimum atomic E-state index is -3.38. The predicted octanol–water partition coefficient (Wildman–Crippen LogP) is 2.98. The molecular formula is C15H23BrN2O2S. The molecule has 1 unspecified atom stereocenters. The SMILES string of the molecule is CCCNCc1ccc(S(=O)(=O)N2CCC(C)C2)c(Br)c1. The van der Waals surface area contributed by atoms with Crippen molar-refractivity contribution in [1.29, 1.82) is 0 Å². The van der Waals surface area contributed by atoms with Crippen LogP contribution in [0.2, 0.25) is 0 Å². The standard InChI is InChI=1S/C15H23BrN2O2S/c1-3-7-17-10-13-4-5-15(14(16)9-13)21(19,20)18-8-6-12(2)11-18/h4-5,9,12,17H,3,6-8,10-11H2,1-2H3. The van der Waals surface area contributed by atoms with Crippen LogP contribution in [0.15, 0.2) is 27.6 Å². The number of hydrogen-bond acceptors (Lipinski definition) is 3. The molecule has 1 aromatic rings.